The normalized spacial score (nSPS) is 20.5. The van der Waals surface area contributed by atoms with Crippen LogP contribution in [0.4, 0.5) is 0 Å². The topological polar surface area (TPSA) is 93.5 Å². The molecule has 0 aliphatic carbocycles. The van der Waals surface area contributed by atoms with Gasteiger partial charge in [0.2, 0.25) is 5.89 Å². The van der Waals surface area contributed by atoms with E-state index in [0.29, 0.717) is 29.3 Å². The Morgan fingerprint density at radius 2 is 1.96 bits per heavy atom. The molecular formula is C17H26ClN5O3. The SMILES string of the molecule is CNC(C)Cc1noc(C2CC(c3ccc(OC)c(OC)c3)NN2)n1.Cl. The zero-order valence-electron chi connectivity index (χ0n) is 15.4. The molecule has 1 aromatic heterocycles. The van der Waals surface area contributed by atoms with Gasteiger partial charge < -0.3 is 19.3 Å². The number of ether oxygens (including phenoxy) is 2. The van der Waals surface area contributed by atoms with E-state index in [4.69, 9.17) is 14.0 Å². The molecule has 3 N–H and O–H groups in total. The number of rotatable bonds is 7. The van der Waals surface area contributed by atoms with E-state index in [1.165, 1.54) is 0 Å². The summed E-state index contributed by atoms with van der Waals surface area (Å²) in [4.78, 5) is 4.50. The third-order valence-electron chi connectivity index (χ3n) is 4.48. The van der Waals surface area contributed by atoms with Crippen LogP contribution in [-0.4, -0.2) is 37.4 Å². The first-order chi connectivity index (χ1) is 12.1. The van der Waals surface area contributed by atoms with Gasteiger partial charge in [0.1, 0.15) is 6.04 Å². The summed E-state index contributed by atoms with van der Waals surface area (Å²) in [6.07, 6.45) is 1.54. The Kier molecular flexibility index (Phi) is 7.22. The second kappa shape index (κ2) is 9.18. The zero-order valence-corrected chi connectivity index (χ0v) is 16.2. The van der Waals surface area contributed by atoms with Crippen molar-refractivity contribution < 1.29 is 14.0 Å². The van der Waals surface area contributed by atoms with Gasteiger partial charge in [0.25, 0.3) is 0 Å². The highest BCUT2D eigenvalue weighted by atomic mass is 35.5. The van der Waals surface area contributed by atoms with Gasteiger partial charge in [0.15, 0.2) is 17.3 Å². The van der Waals surface area contributed by atoms with Crippen molar-refractivity contribution >= 4 is 12.4 Å². The lowest BCUT2D eigenvalue weighted by Crippen LogP contribution is -2.27. The van der Waals surface area contributed by atoms with Gasteiger partial charge in [-0.3, -0.25) is 0 Å². The summed E-state index contributed by atoms with van der Waals surface area (Å²) in [7, 11) is 5.18. The van der Waals surface area contributed by atoms with Crippen molar-refractivity contribution in [3.05, 3.63) is 35.5 Å². The van der Waals surface area contributed by atoms with E-state index in [9.17, 15) is 0 Å². The van der Waals surface area contributed by atoms with Crippen molar-refractivity contribution in [3.63, 3.8) is 0 Å². The number of nitrogens with zero attached hydrogens (tertiary/aromatic N) is 2. The molecule has 1 aromatic carbocycles. The molecule has 9 heteroatoms. The maximum atomic E-state index is 5.42. The molecule has 3 atom stereocenters. The standard InChI is InChI=1S/C17H25N5O3.ClH/c1-10(18-2)7-16-19-17(25-22-16)13-9-12(20-21-13)11-5-6-14(23-3)15(8-11)24-4;/h5-6,8,10,12-13,18,20-21H,7,9H2,1-4H3;1H. The fourth-order valence-electron chi connectivity index (χ4n) is 2.87. The van der Waals surface area contributed by atoms with Crippen LogP contribution < -0.4 is 25.6 Å². The van der Waals surface area contributed by atoms with Gasteiger partial charge in [0, 0.05) is 18.5 Å². The molecule has 0 bridgehead atoms. The Balaban J connectivity index is 0.00000243. The maximum absolute atomic E-state index is 5.42. The van der Waals surface area contributed by atoms with Gasteiger partial charge in [-0.05, 0) is 38.1 Å². The highest BCUT2D eigenvalue weighted by molar-refractivity contribution is 5.85. The summed E-state index contributed by atoms with van der Waals surface area (Å²) in [5, 5.41) is 7.24. The third kappa shape index (κ3) is 4.45. The van der Waals surface area contributed by atoms with Crippen LogP contribution >= 0.6 is 12.4 Å². The second-order valence-electron chi connectivity index (χ2n) is 6.19. The molecule has 1 aliphatic heterocycles. The van der Waals surface area contributed by atoms with Crippen LogP contribution in [0.1, 0.15) is 42.7 Å². The number of hydrogen-bond acceptors (Lipinski definition) is 8. The lowest BCUT2D eigenvalue weighted by molar-refractivity contribution is 0.335. The summed E-state index contributed by atoms with van der Waals surface area (Å²) in [5.74, 6) is 2.75. The van der Waals surface area contributed by atoms with Crippen LogP contribution in [0, 0.1) is 0 Å². The summed E-state index contributed by atoms with van der Waals surface area (Å²) < 4.78 is 16.1. The molecule has 0 radical (unpaired) electrons. The molecule has 0 saturated carbocycles. The largest absolute Gasteiger partial charge is 0.493 e. The highest BCUT2D eigenvalue weighted by Gasteiger charge is 2.30. The third-order valence-corrected chi connectivity index (χ3v) is 4.48. The quantitative estimate of drug-likeness (QED) is 0.668. The van der Waals surface area contributed by atoms with E-state index in [0.717, 1.165) is 18.4 Å². The predicted molar refractivity (Wildman–Crippen MR) is 99.7 cm³/mol. The number of halogens is 1. The first-order valence-corrected chi connectivity index (χ1v) is 8.37. The van der Waals surface area contributed by atoms with E-state index in [1.54, 1.807) is 14.2 Å². The van der Waals surface area contributed by atoms with Gasteiger partial charge >= 0.3 is 0 Å². The zero-order chi connectivity index (χ0) is 17.8. The molecule has 2 aromatic rings. The molecule has 1 saturated heterocycles. The van der Waals surface area contributed by atoms with Crippen LogP contribution in [0.25, 0.3) is 0 Å². The van der Waals surface area contributed by atoms with Crippen LogP contribution in [0.2, 0.25) is 0 Å². The first kappa shape index (κ1) is 20.4. The van der Waals surface area contributed by atoms with Crippen LogP contribution in [0.15, 0.2) is 22.7 Å². The number of benzene rings is 1. The number of likely N-dealkylation sites (N-methyl/N-ethyl adjacent to an activating group) is 1. The van der Waals surface area contributed by atoms with Gasteiger partial charge in [-0.25, -0.2) is 10.9 Å². The van der Waals surface area contributed by atoms with Gasteiger partial charge in [-0.15, -0.1) is 12.4 Å². The van der Waals surface area contributed by atoms with E-state index in [1.807, 2.05) is 25.2 Å². The number of methoxy groups -OCH3 is 2. The average molecular weight is 384 g/mol. The Bertz CT molecular complexity index is 711. The first-order valence-electron chi connectivity index (χ1n) is 8.37. The summed E-state index contributed by atoms with van der Waals surface area (Å²) in [6.45, 7) is 2.08. The molecule has 1 fully saturated rings. The van der Waals surface area contributed by atoms with Crippen LogP contribution in [0.5, 0.6) is 11.5 Å². The fraction of sp³-hybridized carbons (Fsp3) is 0.529. The molecule has 26 heavy (non-hydrogen) atoms. The Labute approximate surface area is 159 Å². The second-order valence-corrected chi connectivity index (χ2v) is 6.19. The van der Waals surface area contributed by atoms with E-state index < -0.39 is 0 Å². The van der Waals surface area contributed by atoms with Crippen molar-refractivity contribution in [2.75, 3.05) is 21.3 Å². The van der Waals surface area contributed by atoms with Gasteiger partial charge in [0.05, 0.1) is 14.2 Å². The predicted octanol–water partition coefficient (Wildman–Crippen LogP) is 1.94. The molecule has 3 rings (SSSR count). The highest BCUT2D eigenvalue weighted by Crippen LogP contribution is 2.35. The Morgan fingerprint density at radius 3 is 2.65 bits per heavy atom. The van der Waals surface area contributed by atoms with Crippen molar-refractivity contribution in [1.29, 1.82) is 0 Å². The smallest absolute Gasteiger partial charge is 0.245 e. The number of hydrogen-bond donors (Lipinski definition) is 3. The molecule has 2 heterocycles. The van der Waals surface area contributed by atoms with Gasteiger partial charge in [-0.1, -0.05) is 11.2 Å². The van der Waals surface area contributed by atoms with Crippen molar-refractivity contribution in [3.8, 4) is 11.5 Å². The average Bonchev–Trinajstić information content (AvgIpc) is 3.30. The van der Waals surface area contributed by atoms with E-state index in [-0.39, 0.29) is 24.5 Å². The Hall–Kier alpha value is -1.87. The Morgan fingerprint density at radius 1 is 1.23 bits per heavy atom. The molecular weight excluding hydrogens is 358 g/mol. The molecule has 0 amide bonds. The minimum Gasteiger partial charge on any atom is -0.493 e. The van der Waals surface area contributed by atoms with Crippen LogP contribution in [-0.2, 0) is 6.42 Å². The van der Waals surface area contributed by atoms with Crippen molar-refractivity contribution in [2.24, 2.45) is 0 Å². The monoisotopic (exact) mass is 383 g/mol. The number of hydrazine groups is 1. The number of aromatic nitrogens is 2. The molecule has 144 valence electrons. The molecule has 3 unspecified atom stereocenters. The van der Waals surface area contributed by atoms with Crippen molar-refractivity contribution in [1.82, 2.24) is 26.3 Å². The molecule has 8 nitrogen and oxygen atoms in total. The molecule has 0 spiro atoms. The summed E-state index contributed by atoms with van der Waals surface area (Å²) >= 11 is 0. The van der Waals surface area contributed by atoms with Crippen LogP contribution in [0.3, 0.4) is 0 Å². The summed E-state index contributed by atoms with van der Waals surface area (Å²) in [6, 6.07) is 6.32. The molecule has 1 aliphatic rings. The summed E-state index contributed by atoms with van der Waals surface area (Å²) in [5.41, 5.74) is 7.63. The van der Waals surface area contributed by atoms with E-state index >= 15 is 0 Å². The number of nitrogens with one attached hydrogen (secondary N) is 3. The van der Waals surface area contributed by atoms with Crippen molar-refractivity contribution in [2.45, 2.75) is 37.9 Å². The minimum absolute atomic E-state index is 0. The lowest BCUT2D eigenvalue weighted by Gasteiger charge is -2.13. The van der Waals surface area contributed by atoms with E-state index in [2.05, 4.69) is 33.2 Å². The van der Waals surface area contributed by atoms with Gasteiger partial charge in [-0.2, -0.15) is 4.98 Å². The minimum atomic E-state index is -0.0239. The maximum Gasteiger partial charge on any atom is 0.245 e. The fourth-order valence-corrected chi connectivity index (χ4v) is 2.87. The lowest BCUT2D eigenvalue weighted by atomic mass is 10.0.